The van der Waals surface area contributed by atoms with E-state index in [9.17, 15) is 8.42 Å². The number of hydrogen-bond acceptors (Lipinski definition) is 2. The van der Waals surface area contributed by atoms with E-state index < -0.39 is 10.0 Å². The molecule has 2 rings (SSSR count). The Kier molecular flexibility index (Phi) is 4.74. The summed E-state index contributed by atoms with van der Waals surface area (Å²) in [6.45, 7) is 6.02. The Morgan fingerprint density at radius 2 is 1.67 bits per heavy atom. The van der Waals surface area contributed by atoms with E-state index in [1.807, 2.05) is 31.2 Å². The van der Waals surface area contributed by atoms with Crippen LogP contribution in [0.4, 0.5) is 5.69 Å². The van der Waals surface area contributed by atoms with E-state index in [0.29, 0.717) is 11.6 Å². The standard InChI is InChI=1S/C16H18BrNO2S/c1-11(2)13-4-7-15(8-5-13)21(19,20)18-16-9-6-14(17)10-12(16)3/h4-11,18H,1-3H3. The molecule has 0 saturated carbocycles. The van der Waals surface area contributed by atoms with Crippen molar-refractivity contribution in [2.75, 3.05) is 4.72 Å². The zero-order valence-electron chi connectivity index (χ0n) is 12.2. The highest BCUT2D eigenvalue weighted by molar-refractivity contribution is 9.10. The fourth-order valence-electron chi connectivity index (χ4n) is 1.98. The number of aryl methyl sites for hydroxylation is 1. The van der Waals surface area contributed by atoms with Gasteiger partial charge in [-0.3, -0.25) is 4.72 Å². The highest BCUT2D eigenvalue weighted by Crippen LogP contribution is 2.24. The van der Waals surface area contributed by atoms with Crippen molar-refractivity contribution in [1.29, 1.82) is 0 Å². The Morgan fingerprint density at radius 1 is 1.05 bits per heavy atom. The summed E-state index contributed by atoms with van der Waals surface area (Å²) in [5, 5.41) is 0. The molecular formula is C16H18BrNO2S. The van der Waals surface area contributed by atoms with Crippen LogP contribution >= 0.6 is 15.9 Å². The molecule has 3 nitrogen and oxygen atoms in total. The minimum Gasteiger partial charge on any atom is -0.279 e. The van der Waals surface area contributed by atoms with Crippen molar-refractivity contribution in [3.05, 3.63) is 58.1 Å². The number of hydrogen-bond donors (Lipinski definition) is 1. The minimum absolute atomic E-state index is 0.272. The van der Waals surface area contributed by atoms with Crippen LogP contribution in [0.2, 0.25) is 0 Å². The lowest BCUT2D eigenvalue weighted by Crippen LogP contribution is -2.13. The van der Waals surface area contributed by atoms with E-state index in [2.05, 4.69) is 34.5 Å². The topological polar surface area (TPSA) is 46.2 Å². The van der Waals surface area contributed by atoms with Gasteiger partial charge in [-0.15, -0.1) is 0 Å². The number of rotatable bonds is 4. The average molecular weight is 368 g/mol. The highest BCUT2D eigenvalue weighted by atomic mass is 79.9. The van der Waals surface area contributed by atoms with Gasteiger partial charge in [-0.2, -0.15) is 0 Å². The molecule has 0 spiro atoms. The maximum absolute atomic E-state index is 12.4. The van der Waals surface area contributed by atoms with Gasteiger partial charge in [0.1, 0.15) is 0 Å². The van der Waals surface area contributed by atoms with Gasteiger partial charge in [0.05, 0.1) is 10.6 Å². The Balaban J connectivity index is 2.29. The van der Waals surface area contributed by atoms with Crippen LogP contribution in [-0.4, -0.2) is 8.42 Å². The van der Waals surface area contributed by atoms with Gasteiger partial charge in [-0.1, -0.05) is 41.9 Å². The van der Waals surface area contributed by atoms with Crippen molar-refractivity contribution in [3.63, 3.8) is 0 Å². The largest absolute Gasteiger partial charge is 0.279 e. The summed E-state index contributed by atoms with van der Waals surface area (Å²) < 4.78 is 28.3. The fourth-order valence-corrected chi connectivity index (χ4v) is 3.58. The lowest BCUT2D eigenvalue weighted by Gasteiger charge is -2.12. The molecular weight excluding hydrogens is 350 g/mol. The quantitative estimate of drug-likeness (QED) is 0.852. The normalized spacial score (nSPS) is 11.7. The second-order valence-corrected chi connectivity index (χ2v) is 7.89. The van der Waals surface area contributed by atoms with E-state index >= 15 is 0 Å². The summed E-state index contributed by atoms with van der Waals surface area (Å²) in [7, 11) is -3.56. The lowest BCUT2D eigenvalue weighted by molar-refractivity contribution is 0.601. The second-order valence-electron chi connectivity index (χ2n) is 5.29. The van der Waals surface area contributed by atoms with Crippen molar-refractivity contribution >= 4 is 31.6 Å². The first kappa shape index (κ1) is 16.0. The Labute approximate surface area is 134 Å². The van der Waals surface area contributed by atoms with Gasteiger partial charge in [-0.25, -0.2) is 8.42 Å². The van der Waals surface area contributed by atoms with E-state index in [1.165, 1.54) is 0 Å². The Morgan fingerprint density at radius 3 is 2.19 bits per heavy atom. The van der Waals surface area contributed by atoms with E-state index in [4.69, 9.17) is 0 Å². The van der Waals surface area contributed by atoms with Gasteiger partial charge in [0.2, 0.25) is 0 Å². The molecule has 0 radical (unpaired) electrons. The van der Waals surface area contributed by atoms with Crippen molar-refractivity contribution in [1.82, 2.24) is 0 Å². The molecule has 21 heavy (non-hydrogen) atoms. The van der Waals surface area contributed by atoms with Gasteiger partial charge in [0.25, 0.3) is 10.0 Å². The molecule has 0 heterocycles. The Bertz CT molecular complexity index is 737. The summed E-state index contributed by atoms with van der Waals surface area (Å²) in [6.07, 6.45) is 0. The van der Waals surface area contributed by atoms with Crippen molar-refractivity contribution in [2.45, 2.75) is 31.6 Å². The average Bonchev–Trinajstić information content (AvgIpc) is 2.42. The molecule has 0 saturated heterocycles. The molecule has 2 aromatic carbocycles. The zero-order chi connectivity index (χ0) is 15.6. The van der Waals surface area contributed by atoms with Crippen LogP contribution in [-0.2, 0) is 10.0 Å². The molecule has 2 aromatic rings. The van der Waals surface area contributed by atoms with Crippen LogP contribution in [0.3, 0.4) is 0 Å². The molecule has 0 aliphatic heterocycles. The van der Waals surface area contributed by atoms with Crippen LogP contribution in [0.5, 0.6) is 0 Å². The van der Waals surface area contributed by atoms with Gasteiger partial charge in [0.15, 0.2) is 0 Å². The van der Waals surface area contributed by atoms with Crippen LogP contribution in [0.15, 0.2) is 51.8 Å². The summed E-state index contributed by atoms with van der Waals surface area (Å²) in [5.41, 5.74) is 2.58. The first-order valence-corrected chi connectivity index (χ1v) is 8.96. The smallest absolute Gasteiger partial charge is 0.261 e. The van der Waals surface area contributed by atoms with Crippen LogP contribution in [0.1, 0.15) is 30.9 Å². The molecule has 0 unspecified atom stereocenters. The molecule has 5 heteroatoms. The van der Waals surface area contributed by atoms with Gasteiger partial charge in [-0.05, 0) is 54.3 Å². The van der Waals surface area contributed by atoms with E-state index in [-0.39, 0.29) is 4.90 Å². The second kappa shape index (κ2) is 6.20. The molecule has 0 aromatic heterocycles. The van der Waals surface area contributed by atoms with Gasteiger partial charge < -0.3 is 0 Å². The first-order chi connectivity index (χ1) is 9.79. The summed E-state index contributed by atoms with van der Waals surface area (Å²) in [6, 6.07) is 12.4. The van der Waals surface area contributed by atoms with Crippen molar-refractivity contribution in [2.24, 2.45) is 0 Å². The number of nitrogens with one attached hydrogen (secondary N) is 1. The summed E-state index contributed by atoms with van der Waals surface area (Å²) in [5.74, 6) is 0.378. The first-order valence-electron chi connectivity index (χ1n) is 6.68. The Hall–Kier alpha value is -1.33. The SMILES string of the molecule is Cc1cc(Br)ccc1NS(=O)(=O)c1ccc(C(C)C)cc1. The number of anilines is 1. The number of benzene rings is 2. The lowest BCUT2D eigenvalue weighted by atomic mass is 10.0. The maximum atomic E-state index is 12.4. The fraction of sp³-hybridized carbons (Fsp3) is 0.250. The molecule has 0 fully saturated rings. The molecule has 1 N–H and O–H groups in total. The zero-order valence-corrected chi connectivity index (χ0v) is 14.6. The number of halogens is 1. The third-order valence-corrected chi connectivity index (χ3v) is 5.16. The third-order valence-electron chi connectivity index (χ3n) is 3.29. The van der Waals surface area contributed by atoms with E-state index in [1.54, 1.807) is 18.2 Å². The van der Waals surface area contributed by atoms with E-state index in [0.717, 1.165) is 15.6 Å². The monoisotopic (exact) mass is 367 g/mol. The molecule has 0 aliphatic rings. The molecule has 112 valence electrons. The number of sulfonamides is 1. The van der Waals surface area contributed by atoms with Crippen LogP contribution < -0.4 is 4.72 Å². The minimum atomic E-state index is -3.56. The highest BCUT2D eigenvalue weighted by Gasteiger charge is 2.15. The molecule has 0 bridgehead atoms. The maximum Gasteiger partial charge on any atom is 0.261 e. The predicted octanol–water partition coefficient (Wildman–Crippen LogP) is 4.68. The molecule has 0 aliphatic carbocycles. The summed E-state index contributed by atoms with van der Waals surface area (Å²) in [4.78, 5) is 0.272. The van der Waals surface area contributed by atoms with Gasteiger partial charge >= 0.3 is 0 Å². The van der Waals surface area contributed by atoms with Crippen LogP contribution in [0.25, 0.3) is 0 Å². The van der Waals surface area contributed by atoms with Gasteiger partial charge in [0, 0.05) is 4.47 Å². The predicted molar refractivity (Wildman–Crippen MR) is 90.2 cm³/mol. The van der Waals surface area contributed by atoms with Crippen molar-refractivity contribution in [3.8, 4) is 0 Å². The van der Waals surface area contributed by atoms with Crippen molar-refractivity contribution < 1.29 is 8.42 Å². The summed E-state index contributed by atoms with van der Waals surface area (Å²) >= 11 is 3.37. The third kappa shape index (κ3) is 3.86. The van der Waals surface area contributed by atoms with Crippen LogP contribution in [0, 0.1) is 6.92 Å². The molecule has 0 amide bonds. The molecule has 0 atom stereocenters.